The van der Waals surface area contributed by atoms with Crippen LogP contribution in [0.5, 0.6) is 0 Å². The molecule has 0 saturated carbocycles. The van der Waals surface area contributed by atoms with Crippen molar-refractivity contribution in [2.75, 3.05) is 6.54 Å². The van der Waals surface area contributed by atoms with Crippen molar-refractivity contribution in [3.8, 4) is 0 Å². The van der Waals surface area contributed by atoms with Crippen LogP contribution in [-0.2, 0) is 4.79 Å². The standard InChI is InChI=1S/C13H20N2OS/c1-3-13(2,14)12(16)15-7-4-5-11(15)10-6-8-17-9-10/h6,8-9,11H,3-5,7,14H2,1-2H3. The van der Waals surface area contributed by atoms with E-state index in [4.69, 9.17) is 5.73 Å². The van der Waals surface area contributed by atoms with E-state index in [0.717, 1.165) is 19.4 Å². The topological polar surface area (TPSA) is 46.3 Å². The van der Waals surface area contributed by atoms with Gasteiger partial charge in [-0.15, -0.1) is 0 Å². The third-order valence-electron chi connectivity index (χ3n) is 3.66. The van der Waals surface area contributed by atoms with Crippen LogP contribution in [0.2, 0.25) is 0 Å². The molecule has 1 aromatic heterocycles. The molecule has 2 heterocycles. The lowest BCUT2D eigenvalue weighted by Crippen LogP contribution is -2.52. The summed E-state index contributed by atoms with van der Waals surface area (Å²) in [5.41, 5.74) is 6.60. The van der Waals surface area contributed by atoms with Crippen LogP contribution >= 0.6 is 11.3 Å². The molecule has 2 unspecified atom stereocenters. The second kappa shape index (κ2) is 4.78. The summed E-state index contributed by atoms with van der Waals surface area (Å²) in [5, 5.41) is 4.20. The van der Waals surface area contributed by atoms with Gasteiger partial charge >= 0.3 is 0 Å². The summed E-state index contributed by atoms with van der Waals surface area (Å²) < 4.78 is 0. The fraction of sp³-hybridized carbons (Fsp3) is 0.615. The van der Waals surface area contributed by atoms with Crippen LogP contribution in [0.25, 0.3) is 0 Å². The first-order valence-corrected chi connectivity index (χ1v) is 7.12. The number of nitrogens with zero attached hydrogens (tertiary/aromatic N) is 1. The molecule has 0 bridgehead atoms. The summed E-state index contributed by atoms with van der Waals surface area (Å²) in [6, 6.07) is 2.35. The number of carbonyl (C=O) groups excluding carboxylic acids is 1. The number of nitrogens with two attached hydrogens (primary N) is 1. The predicted octanol–water partition coefficient (Wildman–Crippen LogP) is 2.54. The van der Waals surface area contributed by atoms with Crippen molar-refractivity contribution in [3.63, 3.8) is 0 Å². The number of rotatable bonds is 3. The Bertz CT molecular complexity index is 386. The Balaban J connectivity index is 2.18. The highest BCUT2D eigenvalue weighted by Gasteiger charge is 2.37. The third kappa shape index (κ3) is 2.38. The number of amides is 1. The maximum absolute atomic E-state index is 12.4. The Labute approximate surface area is 107 Å². The van der Waals surface area contributed by atoms with Gasteiger partial charge in [-0.3, -0.25) is 4.79 Å². The van der Waals surface area contributed by atoms with Crippen molar-refractivity contribution in [2.45, 2.75) is 44.7 Å². The molecule has 1 aliphatic heterocycles. The molecule has 94 valence electrons. The van der Waals surface area contributed by atoms with E-state index >= 15 is 0 Å². The van der Waals surface area contributed by atoms with E-state index in [1.54, 1.807) is 11.3 Å². The molecule has 4 heteroatoms. The minimum absolute atomic E-state index is 0.0914. The first kappa shape index (κ1) is 12.6. The van der Waals surface area contributed by atoms with Crippen LogP contribution in [0.4, 0.5) is 0 Å². The fourth-order valence-corrected chi connectivity index (χ4v) is 3.01. The summed E-state index contributed by atoms with van der Waals surface area (Å²) in [6.07, 6.45) is 2.81. The zero-order valence-corrected chi connectivity index (χ0v) is 11.3. The maximum Gasteiger partial charge on any atom is 0.242 e. The average molecular weight is 252 g/mol. The summed E-state index contributed by atoms with van der Waals surface area (Å²) in [5.74, 6) is 0.0914. The average Bonchev–Trinajstić information content (AvgIpc) is 2.97. The molecule has 1 aliphatic rings. The van der Waals surface area contributed by atoms with Crippen LogP contribution in [-0.4, -0.2) is 22.9 Å². The van der Waals surface area contributed by atoms with E-state index in [0.29, 0.717) is 6.42 Å². The molecule has 0 aromatic carbocycles. The van der Waals surface area contributed by atoms with Gasteiger partial charge in [-0.2, -0.15) is 11.3 Å². The van der Waals surface area contributed by atoms with Crippen molar-refractivity contribution >= 4 is 17.2 Å². The number of hydrogen-bond acceptors (Lipinski definition) is 3. The van der Waals surface area contributed by atoms with Crippen molar-refractivity contribution in [1.29, 1.82) is 0 Å². The number of thiophene rings is 1. The van der Waals surface area contributed by atoms with Crippen molar-refractivity contribution in [1.82, 2.24) is 4.90 Å². The van der Waals surface area contributed by atoms with E-state index in [1.165, 1.54) is 5.56 Å². The lowest BCUT2D eigenvalue weighted by Gasteiger charge is -2.32. The molecule has 3 nitrogen and oxygen atoms in total. The molecule has 2 atom stereocenters. The quantitative estimate of drug-likeness (QED) is 0.898. The largest absolute Gasteiger partial charge is 0.334 e. The maximum atomic E-state index is 12.4. The normalized spacial score (nSPS) is 23.7. The van der Waals surface area contributed by atoms with Gasteiger partial charge in [0.05, 0.1) is 11.6 Å². The zero-order valence-electron chi connectivity index (χ0n) is 10.5. The Morgan fingerprint density at radius 3 is 3.06 bits per heavy atom. The molecule has 0 spiro atoms. The lowest BCUT2D eigenvalue weighted by atomic mass is 9.97. The third-order valence-corrected chi connectivity index (χ3v) is 4.37. The van der Waals surface area contributed by atoms with E-state index < -0.39 is 5.54 Å². The molecule has 1 aromatic rings. The first-order chi connectivity index (χ1) is 8.06. The molecule has 1 fully saturated rings. The highest BCUT2D eigenvalue weighted by Crippen LogP contribution is 2.34. The summed E-state index contributed by atoms with van der Waals surface area (Å²) in [4.78, 5) is 14.4. The minimum atomic E-state index is -0.724. The second-order valence-corrected chi connectivity index (χ2v) is 5.76. The lowest BCUT2D eigenvalue weighted by molar-refractivity contribution is -0.137. The molecule has 2 rings (SSSR count). The summed E-state index contributed by atoms with van der Waals surface area (Å²) in [6.45, 7) is 4.64. The predicted molar refractivity (Wildman–Crippen MR) is 70.9 cm³/mol. The Kier molecular flexibility index (Phi) is 3.54. The minimum Gasteiger partial charge on any atom is -0.334 e. The second-order valence-electron chi connectivity index (χ2n) is 4.98. The molecular weight excluding hydrogens is 232 g/mol. The van der Waals surface area contributed by atoms with Gasteiger partial charge in [0.2, 0.25) is 5.91 Å². The van der Waals surface area contributed by atoms with Crippen molar-refractivity contribution in [3.05, 3.63) is 22.4 Å². The van der Waals surface area contributed by atoms with Gasteiger partial charge in [0.15, 0.2) is 0 Å². The van der Waals surface area contributed by atoms with Gasteiger partial charge in [0.1, 0.15) is 0 Å². The van der Waals surface area contributed by atoms with E-state index in [2.05, 4.69) is 16.8 Å². The molecule has 17 heavy (non-hydrogen) atoms. The van der Waals surface area contributed by atoms with Gasteiger partial charge in [0.25, 0.3) is 0 Å². The Morgan fingerprint density at radius 1 is 1.71 bits per heavy atom. The van der Waals surface area contributed by atoms with Gasteiger partial charge in [-0.25, -0.2) is 0 Å². The Morgan fingerprint density at radius 2 is 2.47 bits per heavy atom. The monoisotopic (exact) mass is 252 g/mol. The number of hydrogen-bond donors (Lipinski definition) is 1. The number of carbonyl (C=O) groups is 1. The molecule has 0 aliphatic carbocycles. The van der Waals surface area contributed by atoms with Crippen LogP contribution in [0, 0.1) is 0 Å². The van der Waals surface area contributed by atoms with Crippen LogP contribution in [0.3, 0.4) is 0 Å². The van der Waals surface area contributed by atoms with Crippen LogP contribution in [0.1, 0.15) is 44.7 Å². The van der Waals surface area contributed by atoms with E-state index in [1.807, 2.05) is 18.7 Å². The first-order valence-electron chi connectivity index (χ1n) is 6.18. The molecule has 2 N–H and O–H groups in total. The van der Waals surface area contributed by atoms with Gasteiger partial charge in [0, 0.05) is 6.54 Å². The molecular formula is C13H20N2OS. The van der Waals surface area contributed by atoms with Crippen molar-refractivity contribution in [2.24, 2.45) is 5.73 Å². The summed E-state index contributed by atoms with van der Waals surface area (Å²) in [7, 11) is 0. The smallest absolute Gasteiger partial charge is 0.242 e. The van der Waals surface area contributed by atoms with E-state index in [9.17, 15) is 4.79 Å². The SMILES string of the molecule is CCC(C)(N)C(=O)N1CCCC1c1ccsc1. The Hall–Kier alpha value is -0.870. The molecule has 0 radical (unpaired) electrons. The van der Waals surface area contributed by atoms with Gasteiger partial charge in [-0.05, 0) is 48.6 Å². The highest BCUT2D eigenvalue weighted by atomic mass is 32.1. The van der Waals surface area contributed by atoms with Crippen molar-refractivity contribution < 1.29 is 4.79 Å². The van der Waals surface area contributed by atoms with Gasteiger partial charge in [-0.1, -0.05) is 6.92 Å². The number of likely N-dealkylation sites (tertiary alicyclic amines) is 1. The zero-order chi connectivity index (χ0) is 12.5. The highest BCUT2D eigenvalue weighted by molar-refractivity contribution is 7.07. The van der Waals surface area contributed by atoms with E-state index in [-0.39, 0.29) is 11.9 Å². The molecule has 1 amide bonds. The molecule has 1 saturated heterocycles. The van der Waals surface area contributed by atoms with Crippen LogP contribution < -0.4 is 5.73 Å². The fourth-order valence-electron chi connectivity index (χ4n) is 2.30. The van der Waals surface area contributed by atoms with Crippen LogP contribution in [0.15, 0.2) is 16.8 Å². The van der Waals surface area contributed by atoms with Gasteiger partial charge < -0.3 is 10.6 Å². The summed E-state index contributed by atoms with van der Waals surface area (Å²) >= 11 is 1.68.